The average Bonchev–Trinajstić information content (AvgIpc) is 2.88. The first-order valence-electron chi connectivity index (χ1n) is 11.9. The minimum atomic E-state index is -1.26. The molecule has 0 radical (unpaired) electrons. The summed E-state index contributed by atoms with van der Waals surface area (Å²) in [5, 5.41) is 21.6. The number of nitrogens with zero attached hydrogens (tertiary/aromatic N) is 3. The topological polar surface area (TPSA) is 112 Å². The van der Waals surface area contributed by atoms with Crippen molar-refractivity contribution in [2.45, 2.75) is 18.6 Å². The first kappa shape index (κ1) is 27.2. The number of halogens is 2. The number of pyridine rings is 1. The second-order valence-electron chi connectivity index (χ2n) is 9.28. The van der Waals surface area contributed by atoms with Crippen LogP contribution in [0.3, 0.4) is 0 Å². The van der Waals surface area contributed by atoms with Crippen molar-refractivity contribution in [1.29, 1.82) is 0 Å². The lowest BCUT2D eigenvalue weighted by Gasteiger charge is -2.45. The number of primary amides is 1. The minimum Gasteiger partial charge on any atom is -0.491 e. The van der Waals surface area contributed by atoms with E-state index in [1.54, 1.807) is 25.3 Å². The first-order chi connectivity index (χ1) is 17.7. The minimum absolute atomic E-state index is 0.0707. The molecular weight excluding hydrogens is 515 g/mol. The molecule has 2 heterocycles. The van der Waals surface area contributed by atoms with Crippen molar-refractivity contribution in [3.8, 4) is 5.75 Å². The highest BCUT2D eigenvalue weighted by Gasteiger charge is 2.34. The summed E-state index contributed by atoms with van der Waals surface area (Å²) in [6, 6.07) is 14.7. The van der Waals surface area contributed by atoms with Crippen molar-refractivity contribution in [3.63, 3.8) is 0 Å². The molecule has 1 saturated heterocycles. The molecule has 1 aliphatic heterocycles. The van der Waals surface area contributed by atoms with Gasteiger partial charge in [0.05, 0.1) is 28.9 Å². The zero-order valence-electron chi connectivity index (χ0n) is 20.5. The van der Waals surface area contributed by atoms with Gasteiger partial charge in [0.15, 0.2) is 0 Å². The lowest BCUT2D eigenvalue weighted by atomic mass is 9.94. The van der Waals surface area contributed by atoms with Crippen LogP contribution in [0.4, 0.5) is 5.69 Å². The molecule has 0 bridgehead atoms. The highest BCUT2D eigenvalue weighted by atomic mass is 35.5. The smallest absolute Gasteiger partial charge is 0.250 e. The third-order valence-electron chi connectivity index (χ3n) is 6.48. The monoisotopic (exact) mass is 544 g/mol. The number of aliphatic hydroxyl groups is 2. The zero-order chi connectivity index (χ0) is 26.6. The highest BCUT2D eigenvalue weighted by molar-refractivity contribution is 6.33. The summed E-state index contributed by atoms with van der Waals surface area (Å²) in [6.07, 6.45) is 2.95. The number of aliphatic hydroxyl groups excluding tert-OH is 1. The van der Waals surface area contributed by atoms with E-state index in [0.29, 0.717) is 47.5 Å². The largest absolute Gasteiger partial charge is 0.491 e. The lowest BCUT2D eigenvalue weighted by Crippen LogP contribution is -2.52. The van der Waals surface area contributed by atoms with Crippen molar-refractivity contribution in [1.82, 2.24) is 9.88 Å². The number of ether oxygens (including phenoxy) is 1. The molecule has 10 heteroatoms. The van der Waals surface area contributed by atoms with Gasteiger partial charge in [-0.15, -0.1) is 0 Å². The van der Waals surface area contributed by atoms with E-state index in [0.717, 1.165) is 11.3 Å². The van der Waals surface area contributed by atoms with Crippen molar-refractivity contribution < 1.29 is 19.7 Å². The number of carbonyl (C=O) groups is 1. The van der Waals surface area contributed by atoms with Crippen LogP contribution in [0.15, 0.2) is 60.9 Å². The molecule has 4 N–H and O–H groups in total. The van der Waals surface area contributed by atoms with E-state index < -0.39 is 11.5 Å². The van der Waals surface area contributed by atoms with Crippen LogP contribution in [0.2, 0.25) is 10.0 Å². The number of piperazine rings is 1. The molecule has 1 fully saturated rings. The fourth-order valence-corrected chi connectivity index (χ4v) is 5.02. The quantitative estimate of drug-likeness (QED) is 0.377. The first-order valence-corrected chi connectivity index (χ1v) is 12.7. The van der Waals surface area contributed by atoms with Crippen LogP contribution in [0.1, 0.15) is 34.5 Å². The number of hydrogen-bond donors (Lipinski definition) is 3. The predicted molar refractivity (Wildman–Crippen MR) is 144 cm³/mol. The number of rotatable bonds is 9. The summed E-state index contributed by atoms with van der Waals surface area (Å²) in [7, 11) is 0. The Morgan fingerprint density at radius 1 is 1.16 bits per heavy atom. The Morgan fingerprint density at radius 2 is 1.92 bits per heavy atom. The highest BCUT2D eigenvalue weighted by Crippen LogP contribution is 2.38. The summed E-state index contributed by atoms with van der Waals surface area (Å²) in [6.45, 7) is 4.09. The van der Waals surface area contributed by atoms with Crippen molar-refractivity contribution in [3.05, 3.63) is 87.7 Å². The second kappa shape index (κ2) is 11.7. The molecule has 3 aromatic rings. The molecule has 0 aliphatic carbocycles. The summed E-state index contributed by atoms with van der Waals surface area (Å²) in [4.78, 5) is 20.1. The van der Waals surface area contributed by atoms with Crippen molar-refractivity contribution in [2.75, 3.05) is 44.3 Å². The number of amides is 1. The molecule has 37 heavy (non-hydrogen) atoms. The van der Waals surface area contributed by atoms with Crippen LogP contribution >= 0.6 is 23.2 Å². The predicted octanol–water partition coefficient (Wildman–Crippen LogP) is 3.63. The van der Waals surface area contributed by atoms with Gasteiger partial charge in [-0.05, 0) is 42.8 Å². The van der Waals surface area contributed by atoms with Gasteiger partial charge in [-0.3, -0.25) is 14.7 Å². The maximum absolute atomic E-state index is 11.6. The van der Waals surface area contributed by atoms with Crippen LogP contribution in [0.25, 0.3) is 0 Å². The van der Waals surface area contributed by atoms with Crippen LogP contribution in [0.5, 0.6) is 5.75 Å². The molecule has 196 valence electrons. The van der Waals surface area contributed by atoms with Gasteiger partial charge in [0.1, 0.15) is 18.0 Å². The van der Waals surface area contributed by atoms with Crippen LogP contribution in [0, 0.1) is 0 Å². The second-order valence-corrected chi connectivity index (χ2v) is 10.1. The number of aromatic nitrogens is 1. The molecule has 4 rings (SSSR count). The Balaban J connectivity index is 1.59. The van der Waals surface area contributed by atoms with E-state index in [9.17, 15) is 9.90 Å². The average molecular weight is 545 g/mol. The maximum atomic E-state index is 11.6. The number of β-amino-alcohol motifs (C(OH)–C–C–N with tert-alkyl or cyclic N) is 1. The normalized spacial score (nSPS) is 17.9. The van der Waals surface area contributed by atoms with E-state index in [1.807, 2.05) is 36.4 Å². The summed E-state index contributed by atoms with van der Waals surface area (Å²) in [5.41, 5.74) is 6.85. The van der Waals surface area contributed by atoms with Gasteiger partial charge in [-0.25, -0.2) is 0 Å². The Kier molecular flexibility index (Phi) is 8.56. The van der Waals surface area contributed by atoms with E-state index >= 15 is 0 Å². The van der Waals surface area contributed by atoms with Crippen LogP contribution < -0.4 is 15.4 Å². The van der Waals surface area contributed by atoms with Crippen molar-refractivity contribution in [2.24, 2.45) is 5.73 Å². The molecular formula is C27H30Cl2N4O4. The van der Waals surface area contributed by atoms with Gasteiger partial charge in [-0.1, -0.05) is 35.3 Å². The number of hydrogen-bond acceptors (Lipinski definition) is 7. The van der Waals surface area contributed by atoms with Crippen molar-refractivity contribution >= 4 is 34.8 Å². The molecule has 2 aromatic carbocycles. The van der Waals surface area contributed by atoms with Gasteiger partial charge in [0, 0.05) is 55.2 Å². The lowest BCUT2D eigenvalue weighted by molar-refractivity contribution is 0.00999. The molecule has 0 saturated carbocycles. The Hall–Kier alpha value is -2.88. The SMILES string of the molecule is C[C@@](O)(CN1CCN(c2ccc(OCCO)cc2Cl)[C@H](c2ccc(Cl)cc2)C1)c1cncc(C(N)=O)c1. The standard InChI is InChI=1S/C27H30Cl2N4O4/c1-27(36,20-12-19(26(30)35)14-31-15-20)17-32-8-9-33(25(16-32)18-2-4-21(28)5-3-18)24-7-6-22(13-23(24)29)37-11-10-34/h2-7,12-15,25,34,36H,8-11,16-17H2,1H3,(H2,30,35)/t25-,27+/m0/s1. The van der Waals surface area contributed by atoms with Gasteiger partial charge in [0.2, 0.25) is 5.91 Å². The van der Waals surface area contributed by atoms with Gasteiger partial charge < -0.3 is 25.6 Å². The van der Waals surface area contributed by atoms with Crippen LogP contribution in [-0.4, -0.2) is 65.4 Å². The molecule has 0 spiro atoms. The number of anilines is 1. The van der Waals surface area contributed by atoms with E-state index in [1.165, 1.54) is 6.20 Å². The van der Waals surface area contributed by atoms with E-state index in [2.05, 4.69) is 14.8 Å². The molecule has 8 nitrogen and oxygen atoms in total. The molecule has 1 aliphatic rings. The Morgan fingerprint density at radius 3 is 2.59 bits per heavy atom. The zero-order valence-corrected chi connectivity index (χ0v) is 22.0. The summed E-state index contributed by atoms with van der Waals surface area (Å²) in [5.74, 6) is -0.00134. The maximum Gasteiger partial charge on any atom is 0.250 e. The summed E-state index contributed by atoms with van der Waals surface area (Å²) >= 11 is 12.8. The van der Waals surface area contributed by atoms with Gasteiger partial charge in [-0.2, -0.15) is 0 Å². The molecule has 1 amide bonds. The van der Waals surface area contributed by atoms with E-state index in [-0.39, 0.29) is 24.8 Å². The van der Waals surface area contributed by atoms with Gasteiger partial charge in [0.25, 0.3) is 0 Å². The number of carbonyl (C=O) groups excluding carboxylic acids is 1. The Labute approximate surface area is 226 Å². The van der Waals surface area contributed by atoms with Gasteiger partial charge >= 0.3 is 0 Å². The van der Waals surface area contributed by atoms with Crippen LogP contribution in [-0.2, 0) is 5.60 Å². The molecule has 2 atom stereocenters. The Bertz CT molecular complexity index is 1240. The van der Waals surface area contributed by atoms with E-state index in [4.69, 9.17) is 38.8 Å². The fraction of sp³-hybridized carbons (Fsp3) is 0.333. The number of nitrogens with two attached hydrogens (primary N) is 1. The fourth-order valence-electron chi connectivity index (χ4n) is 4.61. The molecule has 0 unspecified atom stereocenters. The third kappa shape index (κ3) is 6.52. The number of benzene rings is 2. The summed E-state index contributed by atoms with van der Waals surface area (Å²) < 4.78 is 5.50. The third-order valence-corrected chi connectivity index (χ3v) is 7.04. The molecule has 1 aromatic heterocycles.